The Morgan fingerprint density at radius 3 is 2.41 bits per heavy atom. The predicted octanol–water partition coefficient (Wildman–Crippen LogP) is 5.76. The van der Waals surface area contributed by atoms with Gasteiger partial charge in [0.05, 0.1) is 0 Å². The topological polar surface area (TPSA) is 69.7 Å². The molecule has 3 amide bonds. The van der Waals surface area contributed by atoms with Gasteiger partial charge in [0.1, 0.15) is 23.6 Å². The first-order valence-electron chi connectivity index (χ1n) is 12.8. The highest BCUT2D eigenvalue weighted by molar-refractivity contribution is 6.31. The van der Waals surface area contributed by atoms with E-state index in [9.17, 15) is 23.2 Å². The SMILES string of the molecule is CC1(F)CC(NC(=O)C(c2ccccc2Cl)N(C(=O)[C@@H]2CCC(=O)N2c2ccccc2)c2cccc(F)c2)C1. The van der Waals surface area contributed by atoms with Gasteiger partial charge in [-0.05, 0) is 49.7 Å². The molecule has 9 heteroatoms. The lowest BCUT2D eigenvalue weighted by molar-refractivity contribution is -0.128. The summed E-state index contributed by atoms with van der Waals surface area (Å²) in [4.78, 5) is 43.9. The molecule has 1 saturated heterocycles. The Hall–Kier alpha value is -3.78. The van der Waals surface area contributed by atoms with E-state index in [1.54, 1.807) is 54.6 Å². The Labute approximate surface area is 230 Å². The van der Waals surface area contributed by atoms with E-state index in [4.69, 9.17) is 11.6 Å². The molecule has 1 saturated carbocycles. The highest BCUT2D eigenvalue weighted by Crippen LogP contribution is 2.39. The number of para-hydroxylation sites is 1. The summed E-state index contributed by atoms with van der Waals surface area (Å²) in [6.07, 6.45) is 0.641. The highest BCUT2D eigenvalue weighted by atomic mass is 35.5. The molecule has 1 N–H and O–H groups in total. The van der Waals surface area contributed by atoms with Crippen molar-refractivity contribution in [3.8, 4) is 0 Å². The fourth-order valence-electron chi connectivity index (χ4n) is 5.46. The number of alkyl halides is 1. The third kappa shape index (κ3) is 5.52. The van der Waals surface area contributed by atoms with Gasteiger partial charge in [-0.2, -0.15) is 0 Å². The molecular weight excluding hydrogens is 524 g/mol. The fraction of sp³-hybridized carbons (Fsp3) is 0.300. The normalized spacial score (nSPS) is 23.2. The molecule has 5 rings (SSSR count). The van der Waals surface area contributed by atoms with Gasteiger partial charge in [0.15, 0.2) is 0 Å². The lowest BCUT2D eigenvalue weighted by Crippen LogP contribution is -2.56. The zero-order chi connectivity index (χ0) is 27.7. The van der Waals surface area contributed by atoms with Gasteiger partial charge in [-0.15, -0.1) is 0 Å². The van der Waals surface area contributed by atoms with Crippen LogP contribution in [0, 0.1) is 5.82 Å². The Morgan fingerprint density at radius 1 is 1.05 bits per heavy atom. The lowest BCUT2D eigenvalue weighted by atomic mass is 9.78. The average Bonchev–Trinajstić information content (AvgIpc) is 3.28. The smallest absolute Gasteiger partial charge is 0.251 e. The van der Waals surface area contributed by atoms with E-state index < -0.39 is 41.4 Å². The minimum absolute atomic E-state index is 0.136. The number of nitrogens with one attached hydrogen (secondary N) is 1. The molecule has 2 atom stereocenters. The summed E-state index contributed by atoms with van der Waals surface area (Å²) in [6, 6.07) is 18.2. The van der Waals surface area contributed by atoms with Gasteiger partial charge in [-0.3, -0.25) is 24.2 Å². The zero-order valence-corrected chi connectivity index (χ0v) is 22.1. The molecule has 0 spiro atoms. The molecule has 0 radical (unpaired) electrons. The Bertz CT molecular complexity index is 1390. The lowest BCUT2D eigenvalue weighted by Gasteiger charge is -2.41. The third-order valence-electron chi connectivity index (χ3n) is 7.25. The molecule has 202 valence electrons. The highest BCUT2D eigenvalue weighted by Gasteiger charge is 2.46. The maximum absolute atomic E-state index is 14.5. The molecule has 1 unspecified atom stereocenters. The van der Waals surface area contributed by atoms with Gasteiger partial charge in [-0.1, -0.05) is 54.1 Å². The maximum atomic E-state index is 14.5. The second-order valence-corrected chi connectivity index (χ2v) is 10.7. The first-order chi connectivity index (χ1) is 18.6. The van der Waals surface area contributed by atoms with Crippen LogP contribution >= 0.6 is 11.6 Å². The van der Waals surface area contributed by atoms with Crippen molar-refractivity contribution in [2.24, 2.45) is 0 Å². The number of benzene rings is 3. The van der Waals surface area contributed by atoms with Crippen molar-refractivity contribution >= 4 is 40.7 Å². The molecule has 39 heavy (non-hydrogen) atoms. The Morgan fingerprint density at radius 2 is 1.74 bits per heavy atom. The predicted molar refractivity (Wildman–Crippen MR) is 146 cm³/mol. The van der Waals surface area contributed by atoms with Gasteiger partial charge >= 0.3 is 0 Å². The van der Waals surface area contributed by atoms with E-state index in [0.717, 1.165) is 0 Å². The number of anilines is 2. The van der Waals surface area contributed by atoms with Crippen molar-refractivity contribution in [1.82, 2.24) is 5.32 Å². The van der Waals surface area contributed by atoms with Crippen LogP contribution in [-0.2, 0) is 14.4 Å². The number of amides is 3. The third-order valence-corrected chi connectivity index (χ3v) is 7.60. The molecule has 2 aliphatic rings. The van der Waals surface area contributed by atoms with E-state index in [2.05, 4.69) is 5.32 Å². The molecule has 1 aliphatic carbocycles. The number of hydrogen-bond donors (Lipinski definition) is 1. The zero-order valence-electron chi connectivity index (χ0n) is 21.3. The minimum atomic E-state index is -1.38. The Balaban J connectivity index is 1.60. The molecule has 3 aromatic carbocycles. The van der Waals surface area contributed by atoms with Crippen LogP contribution in [0.15, 0.2) is 78.9 Å². The summed E-state index contributed by atoms with van der Waals surface area (Å²) in [5.41, 5.74) is -0.368. The molecule has 1 aliphatic heterocycles. The van der Waals surface area contributed by atoms with Gasteiger partial charge in [0, 0.05) is 47.3 Å². The molecule has 1 heterocycles. The van der Waals surface area contributed by atoms with Crippen LogP contribution < -0.4 is 15.1 Å². The fourth-order valence-corrected chi connectivity index (χ4v) is 5.70. The van der Waals surface area contributed by atoms with Crippen LogP contribution in [-0.4, -0.2) is 35.5 Å². The molecule has 6 nitrogen and oxygen atoms in total. The van der Waals surface area contributed by atoms with Gasteiger partial charge in [0.25, 0.3) is 5.91 Å². The molecule has 0 aromatic heterocycles. The van der Waals surface area contributed by atoms with Crippen LogP contribution in [0.3, 0.4) is 0 Å². The minimum Gasteiger partial charge on any atom is -0.351 e. The van der Waals surface area contributed by atoms with E-state index in [-0.39, 0.29) is 42.3 Å². The van der Waals surface area contributed by atoms with E-state index in [1.807, 2.05) is 0 Å². The van der Waals surface area contributed by atoms with Crippen molar-refractivity contribution in [3.63, 3.8) is 0 Å². The summed E-state index contributed by atoms with van der Waals surface area (Å²) >= 11 is 6.55. The van der Waals surface area contributed by atoms with Gasteiger partial charge in [-0.25, -0.2) is 8.78 Å². The van der Waals surface area contributed by atoms with Crippen molar-refractivity contribution in [2.75, 3.05) is 9.80 Å². The monoisotopic (exact) mass is 551 g/mol. The number of halogens is 3. The summed E-state index contributed by atoms with van der Waals surface area (Å²) in [6.45, 7) is 1.47. The standard InChI is InChI=1S/C30H28ClF2N3O3/c1-30(33)17-20(18-30)34-28(38)27(23-12-5-6-13-24(23)31)36(22-11-7-8-19(32)16-22)29(39)25-14-15-26(37)35(25)21-9-3-2-4-10-21/h2-13,16,20,25,27H,14-15,17-18H2,1H3,(H,34,38)/t20?,25-,27?,30?/m0/s1. The first-order valence-corrected chi connectivity index (χ1v) is 13.2. The van der Waals surface area contributed by atoms with Crippen molar-refractivity contribution in [1.29, 1.82) is 0 Å². The molecule has 0 bridgehead atoms. The van der Waals surface area contributed by atoms with E-state index in [0.29, 0.717) is 11.3 Å². The second-order valence-electron chi connectivity index (χ2n) is 10.3. The van der Waals surface area contributed by atoms with Crippen LogP contribution in [0.1, 0.15) is 44.2 Å². The molecule has 2 fully saturated rings. The number of carbonyl (C=O) groups is 3. The average molecular weight is 552 g/mol. The van der Waals surface area contributed by atoms with Crippen molar-refractivity contribution in [2.45, 2.75) is 56.4 Å². The summed E-state index contributed by atoms with van der Waals surface area (Å²) in [5, 5.41) is 3.09. The quantitative estimate of drug-likeness (QED) is 0.406. The summed E-state index contributed by atoms with van der Waals surface area (Å²) < 4.78 is 28.7. The number of hydrogen-bond acceptors (Lipinski definition) is 3. The van der Waals surface area contributed by atoms with Gasteiger partial charge in [0.2, 0.25) is 11.8 Å². The number of rotatable bonds is 7. The van der Waals surface area contributed by atoms with E-state index >= 15 is 0 Å². The molecular formula is C30H28ClF2N3O3. The largest absolute Gasteiger partial charge is 0.351 e. The number of nitrogens with zero attached hydrogens (tertiary/aromatic N) is 2. The van der Waals surface area contributed by atoms with Crippen molar-refractivity contribution < 1.29 is 23.2 Å². The van der Waals surface area contributed by atoms with Crippen LogP contribution in [0.5, 0.6) is 0 Å². The van der Waals surface area contributed by atoms with Crippen molar-refractivity contribution in [3.05, 3.63) is 95.3 Å². The van der Waals surface area contributed by atoms with Crippen LogP contribution in [0.2, 0.25) is 5.02 Å². The second kappa shape index (κ2) is 10.8. The maximum Gasteiger partial charge on any atom is 0.251 e. The first kappa shape index (κ1) is 26.8. The van der Waals surface area contributed by atoms with Gasteiger partial charge < -0.3 is 5.32 Å². The summed E-state index contributed by atoms with van der Waals surface area (Å²) in [7, 11) is 0. The van der Waals surface area contributed by atoms with Crippen LogP contribution in [0.4, 0.5) is 20.2 Å². The summed E-state index contributed by atoms with van der Waals surface area (Å²) in [5.74, 6) is -1.96. The van der Waals surface area contributed by atoms with Crippen LogP contribution in [0.25, 0.3) is 0 Å². The molecule has 3 aromatic rings. The number of carbonyl (C=O) groups excluding carboxylic acids is 3. The Kier molecular flexibility index (Phi) is 7.40. The van der Waals surface area contributed by atoms with E-state index in [1.165, 1.54) is 41.0 Å².